The van der Waals surface area contributed by atoms with Gasteiger partial charge in [-0.05, 0) is 38.0 Å². The van der Waals surface area contributed by atoms with E-state index >= 15 is 0 Å². The normalized spacial score (nSPS) is 18.4. The standard InChI is InChI=1S/C23H26O7/c1-11-7-16(25)8-20(28-11)18-9-17-21(30-23(18)26)10-19(27-6)13(3)22(17)12(2)14(4)29-15(5)24/h8-12,14H,7H2,1-6H3. The van der Waals surface area contributed by atoms with E-state index in [1.165, 1.54) is 20.1 Å². The van der Waals surface area contributed by atoms with Crippen molar-refractivity contribution in [1.82, 2.24) is 0 Å². The van der Waals surface area contributed by atoms with Gasteiger partial charge < -0.3 is 18.6 Å². The lowest BCUT2D eigenvalue weighted by molar-refractivity contribution is -0.146. The van der Waals surface area contributed by atoms with Crippen LogP contribution in [0.5, 0.6) is 5.75 Å². The minimum atomic E-state index is -0.604. The van der Waals surface area contributed by atoms with Gasteiger partial charge in [0, 0.05) is 36.8 Å². The number of allylic oxidation sites excluding steroid dienone is 1. The summed E-state index contributed by atoms with van der Waals surface area (Å²) in [4.78, 5) is 36.1. The van der Waals surface area contributed by atoms with E-state index in [1.807, 2.05) is 20.8 Å². The molecule has 1 aliphatic rings. The van der Waals surface area contributed by atoms with Crippen LogP contribution < -0.4 is 10.4 Å². The molecule has 0 saturated heterocycles. The van der Waals surface area contributed by atoms with Gasteiger partial charge in [-0.1, -0.05) is 6.92 Å². The SMILES string of the molecule is COc1cc2oc(=O)c(C3=CC(=O)CC(C)O3)cc2c(C(C)C(C)OC(C)=O)c1C. The van der Waals surface area contributed by atoms with E-state index in [2.05, 4.69) is 0 Å². The van der Waals surface area contributed by atoms with Crippen molar-refractivity contribution in [3.63, 3.8) is 0 Å². The predicted molar refractivity (Wildman–Crippen MR) is 112 cm³/mol. The first kappa shape index (κ1) is 21.6. The van der Waals surface area contributed by atoms with E-state index < -0.39 is 11.7 Å². The predicted octanol–water partition coefficient (Wildman–Crippen LogP) is 3.88. The number of esters is 1. The highest BCUT2D eigenvalue weighted by Gasteiger charge is 2.27. The fourth-order valence-electron chi connectivity index (χ4n) is 3.86. The van der Waals surface area contributed by atoms with Crippen LogP contribution in [0.4, 0.5) is 0 Å². The van der Waals surface area contributed by atoms with Crippen LogP contribution in [-0.2, 0) is 19.1 Å². The first-order valence-corrected chi connectivity index (χ1v) is 9.86. The molecule has 0 bridgehead atoms. The van der Waals surface area contributed by atoms with Crippen LogP contribution in [0.25, 0.3) is 16.7 Å². The Kier molecular flexibility index (Phi) is 6.01. The van der Waals surface area contributed by atoms with Gasteiger partial charge in [0.15, 0.2) is 5.78 Å². The number of methoxy groups -OCH3 is 1. The number of carbonyl (C=O) groups excluding carboxylic acids is 2. The zero-order chi connectivity index (χ0) is 22.2. The van der Waals surface area contributed by atoms with Crippen molar-refractivity contribution in [3.05, 3.63) is 45.3 Å². The molecule has 3 atom stereocenters. The molecule has 1 aromatic heterocycles. The fourth-order valence-corrected chi connectivity index (χ4v) is 3.86. The molecular weight excluding hydrogens is 388 g/mol. The molecular formula is C23H26O7. The molecule has 0 fully saturated rings. The summed E-state index contributed by atoms with van der Waals surface area (Å²) in [6, 6.07) is 3.34. The Morgan fingerprint density at radius 3 is 2.53 bits per heavy atom. The average molecular weight is 414 g/mol. The molecule has 2 heterocycles. The van der Waals surface area contributed by atoms with Gasteiger partial charge >= 0.3 is 11.6 Å². The maximum Gasteiger partial charge on any atom is 0.347 e. The third kappa shape index (κ3) is 4.10. The van der Waals surface area contributed by atoms with E-state index in [1.54, 1.807) is 19.1 Å². The molecule has 7 nitrogen and oxygen atoms in total. The second-order valence-electron chi connectivity index (χ2n) is 7.69. The lowest BCUT2D eigenvalue weighted by Crippen LogP contribution is -2.22. The van der Waals surface area contributed by atoms with Crippen molar-refractivity contribution in [1.29, 1.82) is 0 Å². The number of ether oxygens (including phenoxy) is 3. The smallest absolute Gasteiger partial charge is 0.347 e. The molecule has 0 aliphatic carbocycles. The summed E-state index contributed by atoms with van der Waals surface area (Å²) in [6.45, 7) is 8.78. The summed E-state index contributed by atoms with van der Waals surface area (Å²) >= 11 is 0. The Morgan fingerprint density at radius 2 is 1.93 bits per heavy atom. The van der Waals surface area contributed by atoms with Gasteiger partial charge in [-0.15, -0.1) is 0 Å². The van der Waals surface area contributed by atoms with E-state index in [0.29, 0.717) is 16.7 Å². The Balaban J connectivity index is 2.25. The van der Waals surface area contributed by atoms with E-state index in [0.717, 1.165) is 11.1 Å². The summed E-state index contributed by atoms with van der Waals surface area (Å²) in [5.74, 6) is 0.0708. The summed E-state index contributed by atoms with van der Waals surface area (Å²) in [6.07, 6.45) is 0.853. The molecule has 0 radical (unpaired) electrons. The largest absolute Gasteiger partial charge is 0.496 e. The first-order chi connectivity index (χ1) is 14.1. The third-order valence-corrected chi connectivity index (χ3v) is 5.41. The molecule has 2 aromatic rings. The molecule has 0 saturated carbocycles. The van der Waals surface area contributed by atoms with Crippen LogP contribution >= 0.6 is 0 Å². The van der Waals surface area contributed by atoms with Crippen molar-refractivity contribution >= 4 is 28.5 Å². The minimum absolute atomic E-state index is 0.105. The van der Waals surface area contributed by atoms with Gasteiger partial charge in [-0.2, -0.15) is 0 Å². The Labute approximate surface area is 174 Å². The zero-order valence-corrected chi connectivity index (χ0v) is 18.0. The van der Waals surface area contributed by atoms with Gasteiger partial charge in [0.05, 0.1) is 7.11 Å². The van der Waals surface area contributed by atoms with Crippen LogP contribution in [0.1, 0.15) is 56.7 Å². The van der Waals surface area contributed by atoms with Crippen molar-refractivity contribution in [2.45, 2.75) is 59.2 Å². The number of hydrogen-bond acceptors (Lipinski definition) is 7. The van der Waals surface area contributed by atoms with Crippen LogP contribution in [0, 0.1) is 6.92 Å². The lowest BCUT2D eigenvalue weighted by atomic mass is 9.88. The summed E-state index contributed by atoms with van der Waals surface area (Å²) < 4.78 is 22.2. The van der Waals surface area contributed by atoms with Crippen LogP contribution in [0.3, 0.4) is 0 Å². The van der Waals surface area contributed by atoms with Crippen LogP contribution in [-0.4, -0.2) is 31.1 Å². The summed E-state index contributed by atoms with van der Waals surface area (Å²) in [7, 11) is 1.54. The minimum Gasteiger partial charge on any atom is -0.496 e. The molecule has 0 amide bonds. The van der Waals surface area contributed by atoms with E-state index in [-0.39, 0.29) is 41.5 Å². The highest BCUT2D eigenvalue weighted by Crippen LogP contribution is 2.38. The van der Waals surface area contributed by atoms with Crippen LogP contribution in [0.15, 0.2) is 27.4 Å². The number of rotatable bonds is 5. The first-order valence-electron chi connectivity index (χ1n) is 9.86. The molecule has 160 valence electrons. The zero-order valence-electron chi connectivity index (χ0n) is 18.0. The molecule has 1 aliphatic heterocycles. The van der Waals surface area contributed by atoms with Crippen LogP contribution in [0.2, 0.25) is 0 Å². The highest BCUT2D eigenvalue weighted by atomic mass is 16.5. The Morgan fingerprint density at radius 1 is 1.23 bits per heavy atom. The van der Waals surface area contributed by atoms with E-state index in [4.69, 9.17) is 18.6 Å². The molecule has 0 N–H and O–H groups in total. The molecule has 1 aromatic carbocycles. The molecule has 0 spiro atoms. The van der Waals surface area contributed by atoms with Gasteiger partial charge in [0.1, 0.15) is 34.9 Å². The van der Waals surface area contributed by atoms with Crippen molar-refractivity contribution in [2.24, 2.45) is 0 Å². The number of benzene rings is 1. The highest BCUT2D eigenvalue weighted by molar-refractivity contribution is 5.98. The number of carbonyl (C=O) groups is 2. The Bertz CT molecular complexity index is 1090. The van der Waals surface area contributed by atoms with Gasteiger partial charge in [-0.25, -0.2) is 4.79 Å². The second kappa shape index (κ2) is 8.34. The van der Waals surface area contributed by atoms with Crippen molar-refractivity contribution in [3.8, 4) is 5.75 Å². The van der Waals surface area contributed by atoms with E-state index in [9.17, 15) is 14.4 Å². The Hall–Kier alpha value is -3.09. The topological polar surface area (TPSA) is 92.0 Å². The number of fused-ring (bicyclic) bond motifs is 1. The number of hydrogen-bond donors (Lipinski definition) is 0. The van der Waals surface area contributed by atoms with Gasteiger partial charge in [0.2, 0.25) is 0 Å². The molecule has 3 rings (SSSR count). The maximum absolute atomic E-state index is 12.7. The fraction of sp³-hybridized carbons (Fsp3) is 0.435. The average Bonchev–Trinajstić information content (AvgIpc) is 2.65. The maximum atomic E-state index is 12.7. The number of ketones is 1. The van der Waals surface area contributed by atoms with Crippen molar-refractivity contribution < 1.29 is 28.2 Å². The lowest BCUT2D eigenvalue weighted by Gasteiger charge is -2.25. The second-order valence-corrected chi connectivity index (χ2v) is 7.69. The summed E-state index contributed by atoms with van der Waals surface area (Å²) in [5.41, 5.74) is 1.60. The quantitative estimate of drug-likeness (QED) is 0.541. The summed E-state index contributed by atoms with van der Waals surface area (Å²) in [5, 5.41) is 0.671. The molecule has 30 heavy (non-hydrogen) atoms. The van der Waals surface area contributed by atoms with Crippen molar-refractivity contribution in [2.75, 3.05) is 7.11 Å². The monoisotopic (exact) mass is 414 g/mol. The third-order valence-electron chi connectivity index (χ3n) is 5.41. The van der Waals surface area contributed by atoms with Gasteiger partial charge in [0.25, 0.3) is 0 Å². The molecule has 3 unspecified atom stereocenters. The molecule has 7 heteroatoms. The van der Waals surface area contributed by atoms with Gasteiger partial charge in [-0.3, -0.25) is 9.59 Å².